The van der Waals surface area contributed by atoms with Crippen LogP contribution in [-0.2, 0) is 4.74 Å². The molecule has 0 spiro atoms. The van der Waals surface area contributed by atoms with Crippen molar-refractivity contribution in [3.63, 3.8) is 0 Å². The van der Waals surface area contributed by atoms with Gasteiger partial charge in [-0.3, -0.25) is 4.98 Å². The molecule has 3 N–H and O–H groups in total. The maximum absolute atomic E-state index is 5.94. The Labute approximate surface area is 174 Å². The highest BCUT2D eigenvalue weighted by Gasteiger charge is 2.12. The molecule has 0 saturated carbocycles. The van der Waals surface area contributed by atoms with Crippen molar-refractivity contribution in [2.24, 2.45) is 0 Å². The number of para-hydroxylation sites is 1. The molecule has 1 fully saturated rings. The number of nitrogen functional groups attached to an aromatic ring is 1. The topological polar surface area (TPSA) is 89.2 Å². The van der Waals surface area contributed by atoms with Crippen LogP contribution in [0.3, 0.4) is 0 Å². The third kappa shape index (κ3) is 3.75. The smallest absolute Gasteiger partial charge is 0.227 e. The number of ether oxygens (including phenoxy) is 1. The van der Waals surface area contributed by atoms with Gasteiger partial charge in [0.05, 0.1) is 24.4 Å². The molecular formula is C23H22N6O. The predicted molar refractivity (Wildman–Crippen MR) is 120 cm³/mol. The lowest BCUT2D eigenvalue weighted by atomic mass is 10.1. The second-order valence-electron chi connectivity index (χ2n) is 7.18. The zero-order valence-corrected chi connectivity index (χ0v) is 16.5. The van der Waals surface area contributed by atoms with Crippen molar-refractivity contribution < 1.29 is 4.74 Å². The molecule has 0 amide bonds. The van der Waals surface area contributed by atoms with Crippen LogP contribution < -0.4 is 16.0 Å². The highest BCUT2D eigenvalue weighted by molar-refractivity contribution is 5.93. The van der Waals surface area contributed by atoms with E-state index in [9.17, 15) is 0 Å². The lowest BCUT2D eigenvalue weighted by Gasteiger charge is -2.28. The lowest BCUT2D eigenvalue weighted by Crippen LogP contribution is -2.36. The minimum absolute atomic E-state index is 0.540. The molecule has 2 aromatic carbocycles. The Morgan fingerprint density at radius 2 is 1.80 bits per heavy atom. The fraction of sp³-hybridized carbons (Fsp3) is 0.174. The molecule has 150 valence electrons. The summed E-state index contributed by atoms with van der Waals surface area (Å²) in [5, 5.41) is 4.25. The first-order valence-electron chi connectivity index (χ1n) is 9.94. The molecule has 7 nitrogen and oxygen atoms in total. The van der Waals surface area contributed by atoms with E-state index < -0.39 is 0 Å². The number of rotatable bonds is 4. The van der Waals surface area contributed by atoms with Gasteiger partial charge in [-0.2, -0.15) is 0 Å². The highest BCUT2D eigenvalue weighted by Crippen LogP contribution is 2.28. The number of morpholine rings is 1. The molecule has 4 aromatic rings. The first-order chi connectivity index (χ1) is 14.8. The normalized spacial score (nSPS) is 14.1. The average Bonchev–Trinajstić information content (AvgIpc) is 2.80. The van der Waals surface area contributed by atoms with Gasteiger partial charge in [0.1, 0.15) is 0 Å². The number of pyridine rings is 1. The standard InChI is InChI=1S/C23H22N6O/c24-17-8-9-25-21(14-17)20-3-1-2-16-15-26-23(28-22(16)20)27-18-4-6-19(7-5-18)29-10-12-30-13-11-29/h1-9,14-15H,10-13H2,(H2,24,25)(H,26,27,28). The van der Waals surface area contributed by atoms with Crippen molar-refractivity contribution in [3.8, 4) is 11.3 Å². The van der Waals surface area contributed by atoms with Gasteiger partial charge in [-0.15, -0.1) is 0 Å². The Bertz CT molecular complexity index is 1170. The van der Waals surface area contributed by atoms with Gasteiger partial charge in [0.15, 0.2) is 0 Å². The Morgan fingerprint density at radius 3 is 2.60 bits per heavy atom. The van der Waals surface area contributed by atoms with Crippen LogP contribution in [0.5, 0.6) is 0 Å². The van der Waals surface area contributed by atoms with E-state index in [0.717, 1.165) is 54.2 Å². The molecule has 7 heteroatoms. The van der Waals surface area contributed by atoms with Gasteiger partial charge in [0, 0.05) is 53.5 Å². The Kier molecular flexibility index (Phi) is 4.86. The maximum atomic E-state index is 5.94. The minimum Gasteiger partial charge on any atom is -0.399 e. The van der Waals surface area contributed by atoms with E-state index in [2.05, 4.69) is 32.3 Å². The van der Waals surface area contributed by atoms with Gasteiger partial charge in [0.2, 0.25) is 5.95 Å². The second kappa shape index (κ2) is 7.96. The summed E-state index contributed by atoms with van der Waals surface area (Å²) in [5.74, 6) is 0.540. The Balaban J connectivity index is 1.43. The molecular weight excluding hydrogens is 376 g/mol. The van der Waals surface area contributed by atoms with E-state index in [-0.39, 0.29) is 0 Å². The van der Waals surface area contributed by atoms with Crippen molar-refractivity contribution in [1.82, 2.24) is 15.0 Å². The number of nitrogens with two attached hydrogens (primary N) is 1. The van der Waals surface area contributed by atoms with E-state index in [1.165, 1.54) is 5.69 Å². The molecule has 2 aromatic heterocycles. The molecule has 3 heterocycles. The number of nitrogens with zero attached hydrogens (tertiary/aromatic N) is 4. The summed E-state index contributed by atoms with van der Waals surface area (Å²) in [6, 6.07) is 17.9. The number of fused-ring (bicyclic) bond motifs is 1. The van der Waals surface area contributed by atoms with Gasteiger partial charge >= 0.3 is 0 Å². The third-order valence-electron chi connectivity index (χ3n) is 5.17. The molecule has 30 heavy (non-hydrogen) atoms. The molecule has 5 rings (SSSR count). The fourth-order valence-electron chi connectivity index (χ4n) is 3.62. The van der Waals surface area contributed by atoms with Crippen LogP contribution in [0.4, 0.5) is 23.0 Å². The van der Waals surface area contributed by atoms with E-state index in [4.69, 9.17) is 15.5 Å². The zero-order chi connectivity index (χ0) is 20.3. The van der Waals surface area contributed by atoms with E-state index in [0.29, 0.717) is 11.6 Å². The maximum Gasteiger partial charge on any atom is 0.227 e. The molecule has 0 aliphatic carbocycles. The van der Waals surface area contributed by atoms with Crippen molar-refractivity contribution in [3.05, 3.63) is 67.0 Å². The molecule has 0 bridgehead atoms. The van der Waals surface area contributed by atoms with Gasteiger partial charge in [-0.05, 0) is 36.4 Å². The van der Waals surface area contributed by atoms with Gasteiger partial charge in [-0.1, -0.05) is 18.2 Å². The largest absolute Gasteiger partial charge is 0.399 e. The van der Waals surface area contributed by atoms with E-state index in [1.807, 2.05) is 42.6 Å². The van der Waals surface area contributed by atoms with Gasteiger partial charge in [0.25, 0.3) is 0 Å². The molecule has 1 aliphatic heterocycles. The Morgan fingerprint density at radius 1 is 0.967 bits per heavy atom. The minimum atomic E-state index is 0.540. The fourth-order valence-corrected chi connectivity index (χ4v) is 3.62. The summed E-state index contributed by atoms with van der Waals surface area (Å²) in [5.41, 5.74) is 11.3. The molecule has 0 unspecified atom stereocenters. The van der Waals surface area contributed by atoms with Crippen LogP contribution in [0.25, 0.3) is 22.2 Å². The SMILES string of the molecule is Nc1ccnc(-c2cccc3cnc(Nc4ccc(N5CCOCC5)cc4)nc23)c1. The number of nitrogens with one attached hydrogen (secondary N) is 1. The van der Waals surface area contributed by atoms with Crippen LogP contribution in [0.15, 0.2) is 67.0 Å². The van der Waals surface area contributed by atoms with Gasteiger partial charge in [-0.25, -0.2) is 9.97 Å². The monoisotopic (exact) mass is 398 g/mol. The van der Waals surface area contributed by atoms with Crippen LogP contribution in [0.2, 0.25) is 0 Å². The quantitative estimate of drug-likeness (QED) is 0.540. The molecule has 1 aliphatic rings. The van der Waals surface area contributed by atoms with Crippen LogP contribution in [-0.4, -0.2) is 41.3 Å². The van der Waals surface area contributed by atoms with Crippen molar-refractivity contribution in [2.45, 2.75) is 0 Å². The summed E-state index contributed by atoms with van der Waals surface area (Å²) < 4.78 is 5.43. The summed E-state index contributed by atoms with van der Waals surface area (Å²) in [6.07, 6.45) is 3.53. The first kappa shape index (κ1) is 18.3. The summed E-state index contributed by atoms with van der Waals surface area (Å²) >= 11 is 0. The predicted octanol–water partition coefficient (Wildman–Crippen LogP) is 3.85. The highest BCUT2D eigenvalue weighted by atomic mass is 16.5. The zero-order valence-electron chi connectivity index (χ0n) is 16.5. The molecule has 0 atom stereocenters. The first-order valence-corrected chi connectivity index (χ1v) is 9.94. The lowest BCUT2D eigenvalue weighted by molar-refractivity contribution is 0.122. The van der Waals surface area contributed by atoms with Crippen molar-refractivity contribution >= 4 is 33.9 Å². The van der Waals surface area contributed by atoms with Crippen LogP contribution in [0.1, 0.15) is 0 Å². The molecule has 0 radical (unpaired) electrons. The number of hydrogen-bond donors (Lipinski definition) is 2. The number of anilines is 4. The van der Waals surface area contributed by atoms with E-state index in [1.54, 1.807) is 12.3 Å². The summed E-state index contributed by atoms with van der Waals surface area (Å²) in [6.45, 7) is 3.38. The van der Waals surface area contributed by atoms with Crippen LogP contribution in [0, 0.1) is 0 Å². The van der Waals surface area contributed by atoms with E-state index >= 15 is 0 Å². The number of benzene rings is 2. The van der Waals surface area contributed by atoms with Crippen molar-refractivity contribution in [1.29, 1.82) is 0 Å². The number of aromatic nitrogens is 3. The van der Waals surface area contributed by atoms with Crippen molar-refractivity contribution in [2.75, 3.05) is 42.3 Å². The number of hydrogen-bond acceptors (Lipinski definition) is 7. The molecule has 1 saturated heterocycles. The summed E-state index contributed by atoms with van der Waals surface area (Å²) in [4.78, 5) is 16.0. The van der Waals surface area contributed by atoms with Gasteiger partial charge < -0.3 is 20.7 Å². The average molecular weight is 398 g/mol. The second-order valence-corrected chi connectivity index (χ2v) is 7.18. The third-order valence-corrected chi connectivity index (χ3v) is 5.17. The Hall–Kier alpha value is -3.71. The van der Waals surface area contributed by atoms with Crippen LogP contribution >= 0.6 is 0 Å². The summed E-state index contributed by atoms with van der Waals surface area (Å²) in [7, 11) is 0.